The summed E-state index contributed by atoms with van der Waals surface area (Å²) in [6, 6.07) is 7.80. The lowest BCUT2D eigenvalue weighted by Crippen LogP contribution is -2.49. The molecule has 2 aromatic rings. The maximum absolute atomic E-state index is 13.1. The number of aromatic nitrogens is 1. The Balaban J connectivity index is 1.74. The first-order chi connectivity index (χ1) is 12.1. The lowest BCUT2D eigenvalue weighted by Gasteiger charge is -2.37. The summed E-state index contributed by atoms with van der Waals surface area (Å²) >= 11 is 0. The summed E-state index contributed by atoms with van der Waals surface area (Å²) in [6.07, 6.45) is 3.47. The second-order valence-electron chi connectivity index (χ2n) is 6.61. The molecular weight excluding hydrogens is 318 g/mol. The topological polar surface area (TPSA) is 74.4 Å². The maximum atomic E-state index is 13.1. The van der Waals surface area contributed by atoms with Gasteiger partial charge >= 0.3 is 0 Å². The molecule has 6 heteroatoms. The molecule has 0 spiro atoms. The standard InChI is InChI=1S/C19H25N3O3/c1-13-6-7-15(18(23)21-10-11-25-2)12-22(13)19(24)16-5-3-4-14-8-9-20-17(14)16/h3-5,8-9,13,15,20H,6-7,10-12H2,1-2H3,(H,21,23). The number of hydrogen-bond donors (Lipinski definition) is 2. The van der Waals surface area contributed by atoms with Crippen LogP contribution in [0.4, 0.5) is 0 Å². The van der Waals surface area contributed by atoms with Crippen LogP contribution in [0.3, 0.4) is 0 Å². The van der Waals surface area contributed by atoms with Crippen molar-refractivity contribution in [3.05, 3.63) is 36.0 Å². The lowest BCUT2D eigenvalue weighted by molar-refractivity contribution is -0.126. The number of aromatic amines is 1. The van der Waals surface area contributed by atoms with E-state index in [2.05, 4.69) is 10.3 Å². The van der Waals surface area contributed by atoms with E-state index in [-0.39, 0.29) is 23.8 Å². The van der Waals surface area contributed by atoms with Crippen LogP contribution in [0.25, 0.3) is 10.9 Å². The predicted molar refractivity (Wildman–Crippen MR) is 96.4 cm³/mol. The number of para-hydroxylation sites is 1. The molecule has 2 N–H and O–H groups in total. The van der Waals surface area contributed by atoms with Crippen molar-refractivity contribution in [1.29, 1.82) is 0 Å². The Morgan fingerprint density at radius 3 is 2.96 bits per heavy atom. The van der Waals surface area contributed by atoms with Crippen LogP contribution in [0.2, 0.25) is 0 Å². The number of nitrogens with one attached hydrogen (secondary N) is 2. The number of benzene rings is 1. The van der Waals surface area contributed by atoms with Crippen LogP contribution in [-0.4, -0.2) is 54.5 Å². The molecule has 2 atom stereocenters. The van der Waals surface area contributed by atoms with Gasteiger partial charge in [0.1, 0.15) is 0 Å². The molecule has 2 unspecified atom stereocenters. The van der Waals surface area contributed by atoms with Gasteiger partial charge in [-0.3, -0.25) is 9.59 Å². The van der Waals surface area contributed by atoms with Crippen LogP contribution in [-0.2, 0) is 9.53 Å². The lowest BCUT2D eigenvalue weighted by atomic mass is 9.92. The smallest absolute Gasteiger partial charge is 0.256 e. The van der Waals surface area contributed by atoms with Gasteiger partial charge in [0, 0.05) is 37.8 Å². The molecule has 0 bridgehead atoms. The van der Waals surface area contributed by atoms with Gasteiger partial charge < -0.3 is 19.9 Å². The van der Waals surface area contributed by atoms with Crippen LogP contribution >= 0.6 is 0 Å². The molecule has 1 aliphatic heterocycles. The second kappa shape index (κ2) is 7.70. The Morgan fingerprint density at radius 1 is 1.32 bits per heavy atom. The van der Waals surface area contributed by atoms with E-state index in [4.69, 9.17) is 4.74 Å². The summed E-state index contributed by atoms with van der Waals surface area (Å²) in [6.45, 7) is 3.49. The van der Waals surface area contributed by atoms with E-state index in [9.17, 15) is 9.59 Å². The summed E-state index contributed by atoms with van der Waals surface area (Å²) in [5.74, 6) is -0.186. The fourth-order valence-corrected chi connectivity index (χ4v) is 3.44. The maximum Gasteiger partial charge on any atom is 0.256 e. The quantitative estimate of drug-likeness (QED) is 0.817. The number of carbonyl (C=O) groups excluding carboxylic acids is 2. The third-order valence-electron chi connectivity index (χ3n) is 4.94. The minimum atomic E-state index is -0.167. The highest BCUT2D eigenvalue weighted by atomic mass is 16.5. The minimum absolute atomic E-state index is 0.000155. The van der Waals surface area contributed by atoms with E-state index in [1.54, 1.807) is 7.11 Å². The highest BCUT2D eigenvalue weighted by Gasteiger charge is 2.33. The number of piperidine rings is 1. The first kappa shape index (κ1) is 17.5. The Kier molecular flexibility index (Phi) is 5.38. The fourth-order valence-electron chi connectivity index (χ4n) is 3.44. The third-order valence-corrected chi connectivity index (χ3v) is 4.94. The van der Waals surface area contributed by atoms with Gasteiger partial charge in [-0.2, -0.15) is 0 Å². The molecule has 134 valence electrons. The van der Waals surface area contributed by atoms with Gasteiger partial charge in [0.25, 0.3) is 5.91 Å². The van der Waals surface area contributed by atoms with Gasteiger partial charge in [0.05, 0.1) is 23.6 Å². The number of H-pyrrole nitrogens is 1. The highest BCUT2D eigenvalue weighted by molar-refractivity contribution is 6.06. The molecule has 2 heterocycles. The normalized spacial score (nSPS) is 20.6. The number of fused-ring (bicyclic) bond motifs is 1. The number of nitrogens with zero attached hydrogens (tertiary/aromatic N) is 1. The van der Waals surface area contributed by atoms with E-state index in [0.717, 1.165) is 23.7 Å². The van der Waals surface area contributed by atoms with E-state index in [1.807, 2.05) is 42.3 Å². The van der Waals surface area contributed by atoms with Gasteiger partial charge in [-0.1, -0.05) is 12.1 Å². The van der Waals surface area contributed by atoms with Crippen LogP contribution in [0.5, 0.6) is 0 Å². The van der Waals surface area contributed by atoms with Gasteiger partial charge in [-0.15, -0.1) is 0 Å². The van der Waals surface area contributed by atoms with Crippen molar-refractivity contribution in [2.24, 2.45) is 5.92 Å². The second-order valence-corrected chi connectivity index (χ2v) is 6.61. The number of likely N-dealkylation sites (tertiary alicyclic amines) is 1. The summed E-state index contributed by atoms with van der Waals surface area (Å²) in [5.41, 5.74) is 1.51. The Bertz CT molecular complexity index is 755. The third kappa shape index (κ3) is 3.69. The molecule has 1 fully saturated rings. The van der Waals surface area contributed by atoms with E-state index < -0.39 is 0 Å². The monoisotopic (exact) mass is 343 g/mol. The fraction of sp³-hybridized carbons (Fsp3) is 0.474. The summed E-state index contributed by atoms with van der Waals surface area (Å²) in [4.78, 5) is 30.4. The summed E-state index contributed by atoms with van der Waals surface area (Å²) in [5, 5.41) is 3.90. The van der Waals surface area contributed by atoms with Crippen molar-refractivity contribution < 1.29 is 14.3 Å². The van der Waals surface area contributed by atoms with Crippen LogP contribution in [0.1, 0.15) is 30.1 Å². The molecule has 1 saturated heterocycles. The van der Waals surface area contributed by atoms with Crippen molar-refractivity contribution in [2.75, 3.05) is 26.8 Å². The number of ether oxygens (including phenoxy) is 1. The molecule has 0 aliphatic carbocycles. The van der Waals surface area contributed by atoms with Gasteiger partial charge in [-0.25, -0.2) is 0 Å². The van der Waals surface area contributed by atoms with Gasteiger partial charge in [-0.05, 0) is 31.9 Å². The molecule has 0 radical (unpaired) electrons. The zero-order valence-electron chi connectivity index (χ0n) is 14.7. The zero-order valence-corrected chi connectivity index (χ0v) is 14.7. The van der Waals surface area contributed by atoms with E-state index >= 15 is 0 Å². The zero-order chi connectivity index (χ0) is 17.8. The number of hydrogen-bond acceptors (Lipinski definition) is 3. The molecular formula is C19H25N3O3. The van der Waals surface area contributed by atoms with E-state index in [1.165, 1.54) is 0 Å². The van der Waals surface area contributed by atoms with Crippen LogP contribution < -0.4 is 5.32 Å². The Labute approximate surface area is 147 Å². The summed E-state index contributed by atoms with van der Waals surface area (Å²) < 4.78 is 4.96. The van der Waals surface area contributed by atoms with E-state index in [0.29, 0.717) is 25.3 Å². The van der Waals surface area contributed by atoms with Gasteiger partial charge in [0.15, 0.2) is 0 Å². The summed E-state index contributed by atoms with van der Waals surface area (Å²) in [7, 11) is 1.61. The van der Waals surface area contributed by atoms with Gasteiger partial charge in [0.2, 0.25) is 5.91 Å². The predicted octanol–water partition coefficient (Wildman–Crippen LogP) is 2.17. The first-order valence-electron chi connectivity index (χ1n) is 8.75. The average molecular weight is 343 g/mol. The molecule has 2 amide bonds. The van der Waals surface area contributed by atoms with Crippen molar-refractivity contribution in [3.8, 4) is 0 Å². The molecule has 3 rings (SSSR count). The number of methoxy groups -OCH3 is 1. The largest absolute Gasteiger partial charge is 0.383 e. The number of carbonyl (C=O) groups is 2. The van der Waals surface area contributed by atoms with Crippen molar-refractivity contribution in [3.63, 3.8) is 0 Å². The van der Waals surface area contributed by atoms with Crippen molar-refractivity contribution >= 4 is 22.7 Å². The molecule has 0 saturated carbocycles. The van der Waals surface area contributed by atoms with Crippen LogP contribution in [0, 0.1) is 5.92 Å². The Morgan fingerprint density at radius 2 is 2.16 bits per heavy atom. The number of rotatable bonds is 5. The molecule has 1 aromatic heterocycles. The van der Waals surface area contributed by atoms with Crippen LogP contribution in [0.15, 0.2) is 30.5 Å². The SMILES string of the molecule is COCCNC(=O)C1CCC(C)N(C(=O)c2cccc3cc[nH]c23)C1. The molecule has 1 aromatic carbocycles. The highest BCUT2D eigenvalue weighted by Crippen LogP contribution is 2.26. The molecule has 1 aliphatic rings. The first-order valence-corrected chi connectivity index (χ1v) is 8.75. The average Bonchev–Trinajstić information content (AvgIpc) is 3.10. The molecule has 6 nitrogen and oxygen atoms in total. The molecule has 25 heavy (non-hydrogen) atoms. The minimum Gasteiger partial charge on any atom is -0.383 e. The number of amides is 2. The van der Waals surface area contributed by atoms with Crippen molar-refractivity contribution in [1.82, 2.24) is 15.2 Å². The Hall–Kier alpha value is -2.34. The van der Waals surface area contributed by atoms with Crippen molar-refractivity contribution in [2.45, 2.75) is 25.8 Å².